The SMILES string of the molecule is O=C(NCCc1nccn1Cc1ccccc1)c1ccc2ccccc2n1. The first kappa shape index (κ1) is 17.0. The second kappa shape index (κ2) is 7.83. The molecule has 2 aromatic heterocycles. The van der Waals surface area contributed by atoms with Gasteiger partial charge in [-0.3, -0.25) is 4.79 Å². The number of fused-ring (bicyclic) bond motifs is 1. The van der Waals surface area contributed by atoms with Gasteiger partial charge in [0, 0.05) is 37.3 Å². The second-order valence-electron chi connectivity index (χ2n) is 6.35. The minimum absolute atomic E-state index is 0.165. The standard InChI is InChI=1S/C22H20N4O/c27-22(20-11-10-18-8-4-5-9-19(18)25-20)24-13-12-21-23-14-15-26(21)16-17-6-2-1-3-7-17/h1-11,14-15H,12-13,16H2,(H,24,27). The number of para-hydroxylation sites is 1. The van der Waals surface area contributed by atoms with E-state index >= 15 is 0 Å². The second-order valence-corrected chi connectivity index (χ2v) is 6.35. The number of imidazole rings is 1. The van der Waals surface area contributed by atoms with Crippen molar-refractivity contribution >= 4 is 16.8 Å². The average molecular weight is 356 g/mol. The maximum Gasteiger partial charge on any atom is 0.269 e. The molecule has 134 valence electrons. The molecule has 2 heterocycles. The van der Waals surface area contributed by atoms with Crippen molar-refractivity contribution in [3.8, 4) is 0 Å². The number of carbonyl (C=O) groups excluding carboxylic acids is 1. The Morgan fingerprint density at radius 3 is 2.67 bits per heavy atom. The highest BCUT2D eigenvalue weighted by Gasteiger charge is 2.09. The highest BCUT2D eigenvalue weighted by Crippen LogP contribution is 2.11. The van der Waals surface area contributed by atoms with Crippen molar-refractivity contribution in [1.29, 1.82) is 0 Å². The third-order valence-electron chi connectivity index (χ3n) is 4.46. The predicted molar refractivity (Wildman–Crippen MR) is 106 cm³/mol. The van der Waals surface area contributed by atoms with Crippen molar-refractivity contribution in [2.45, 2.75) is 13.0 Å². The summed E-state index contributed by atoms with van der Waals surface area (Å²) in [5, 5.41) is 3.96. The maximum absolute atomic E-state index is 12.4. The zero-order chi connectivity index (χ0) is 18.5. The van der Waals surface area contributed by atoms with Crippen molar-refractivity contribution in [3.05, 3.63) is 96.2 Å². The van der Waals surface area contributed by atoms with E-state index in [0.29, 0.717) is 18.7 Å². The highest BCUT2D eigenvalue weighted by atomic mass is 16.1. The van der Waals surface area contributed by atoms with Crippen LogP contribution in [0.25, 0.3) is 10.9 Å². The number of benzene rings is 2. The number of amides is 1. The molecule has 0 fully saturated rings. The molecule has 4 aromatic rings. The van der Waals surface area contributed by atoms with Gasteiger partial charge in [-0.25, -0.2) is 9.97 Å². The molecule has 0 aliphatic heterocycles. The molecule has 0 unspecified atom stereocenters. The maximum atomic E-state index is 12.4. The molecular formula is C22H20N4O. The molecule has 0 saturated carbocycles. The van der Waals surface area contributed by atoms with Crippen LogP contribution in [0.5, 0.6) is 0 Å². The van der Waals surface area contributed by atoms with Crippen LogP contribution in [0.2, 0.25) is 0 Å². The molecule has 5 nitrogen and oxygen atoms in total. The van der Waals surface area contributed by atoms with Gasteiger partial charge >= 0.3 is 0 Å². The minimum Gasteiger partial charge on any atom is -0.350 e. The van der Waals surface area contributed by atoms with E-state index in [4.69, 9.17) is 0 Å². The van der Waals surface area contributed by atoms with Crippen LogP contribution in [0.4, 0.5) is 0 Å². The van der Waals surface area contributed by atoms with Gasteiger partial charge in [-0.05, 0) is 17.7 Å². The summed E-state index contributed by atoms with van der Waals surface area (Å²) in [6.45, 7) is 1.29. The molecule has 5 heteroatoms. The quantitative estimate of drug-likeness (QED) is 0.576. The van der Waals surface area contributed by atoms with Crippen LogP contribution in [0, 0.1) is 0 Å². The summed E-state index contributed by atoms with van der Waals surface area (Å²) in [4.78, 5) is 21.2. The number of nitrogens with zero attached hydrogens (tertiary/aromatic N) is 3. The van der Waals surface area contributed by atoms with E-state index in [0.717, 1.165) is 23.3 Å². The molecule has 27 heavy (non-hydrogen) atoms. The first-order valence-electron chi connectivity index (χ1n) is 8.97. The lowest BCUT2D eigenvalue weighted by Gasteiger charge is -2.09. The molecule has 0 saturated heterocycles. The van der Waals surface area contributed by atoms with Gasteiger partial charge in [0.05, 0.1) is 5.52 Å². The zero-order valence-corrected chi connectivity index (χ0v) is 14.9. The fourth-order valence-corrected chi connectivity index (χ4v) is 3.06. The van der Waals surface area contributed by atoms with Crippen molar-refractivity contribution in [2.24, 2.45) is 0 Å². The Morgan fingerprint density at radius 1 is 0.963 bits per heavy atom. The number of hydrogen-bond acceptors (Lipinski definition) is 3. The molecule has 0 bridgehead atoms. The highest BCUT2D eigenvalue weighted by molar-refractivity contribution is 5.94. The lowest BCUT2D eigenvalue weighted by molar-refractivity contribution is 0.0949. The topological polar surface area (TPSA) is 59.8 Å². The number of pyridine rings is 1. The van der Waals surface area contributed by atoms with Crippen molar-refractivity contribution in [1.82, 2.24) is 19.9 Å². The average Bonchev–Trinajstić information content (AvgIpc) is 3.15. The van der Waals surface area contributed by atoms with Crippen LogP contribution in [0.15, 0.2) is 79.1 Å². The van der Waals surface area contributed by atoms with E-state index in [1.165, 1.54) is 5.56 Å². The Labute approximate surface area is 157 Å². The molecule has 0 spiro atoms. The number of nitrogens with one attached hydrogen (secondary N) is 1. The molecule has 0 radical (unpaired) electrons. The Kier molecular flexibility index (Phi) is 4.92. The summed E-state index contributed by atoms with van der Waals surface area (Å²) >= 11 is 0. The summed E-state index contributed by atoms with van der Waals surface area (Å²) in [5.74, 6) is 0.785. The van der Waals surface area contributed by atoms with Gasteiger partial charge < -0.3 is 9.88 Å². The van der Waals surface area contributed by atoms with E-state index in [1.807, 2.05) is 54.7 Å². The van der Waals surface area contributed by atoms with Gasteiger partial charge in [-0.1, -0.05) is 54.6 Å². The van der Waals surface area contributed by atoms with Gasteiger partial charge in [-0.2, -0.15) is 0 Å². The molecule has 0 aliphatic carbocycles. The summed E-state index contributed by atoms with van der Waals surface area (Å²) in [5.41, 5.74) is 2.48. The van der Waals surface area contributed by atoms with E-state index in [2.05, 4.69) is 32.0 Å². The lowest BCUT2D eigenvalue weighted by atomic mass is 10.2. The smallest absolute Gasteiger partial charge is 0.269 e. The Morgan fingerprint density at radius 2 is 1.78 bits per heavy atom. The summed E-state index contributed by atoms with van der Waals surface area (Å²) in [7, 11) is 0. The van der Waals surface area contributed by atoms with Crippen molar-refractivity contribution in [2.75, 3.05) is 6.54 Å². The molecule has 1 N–H and O–H groups in total. The molecular weight excluding hydrogens is 336 g/mol. The third-order valence-corrected chi connectivity index (χ3v) is 4.46. The van der Waals surface area contributed by atoms with Crippen molar-refractivity contribution < 1.29 is 4.79 Å². The number of hydrogen-bond donors (Lipinski definition) is 1. The summed E-state index contributed by atoms with van der Waals surface area (Å²) < 4.78 is 2.11. The molecule has 0 atom stereocenters. The normalized spacial score (nSPS) is 10.8. The van der Waals surface area contributed by atoms with Crippen LogP contribution in [-0.2, 0) is 13.0 Å². The number of aromatic nitrogens is 3. The first-order chi connectivity index (χ1) is 13.3. The molecule has 1 amide bonds. The Hall–Kier alpha value is -3.47. The van der Waals surface area contributed by atoms with E-state index < -0.39 is 0 Å². The summed E-state index contributed by atoms with van der Waals surface area (Å²) in [6, 6.07) is 21.7. The fourth-order valence-electron chi connectivity index (χ4n) is 3.06. The molecule has 2 aromatic carbocycles. The van der Waals surface area contributed by atoms with E-state index in [1.54, 1.807) is 12.3 Å². The lowest BCUT2D eigenvalue weighted by Crippen LogP contribution is -2.27. The van der Waals surface area contributed by atoms with Crippen molar-refractivity contribution in [3.63, 3.8) is 0 Å². The van der Waals surface area contributed by atoms with Gasteiger partial charge in [-0.15, -0.1) is 0 Å². The van der Waals surface area contributed by atoms with Gasteiger partial charge in [0.25, 0.3) is 5.91 Å². The Bertz CT molecular complexity index is 1060. The molecule has 4 rings (SSSR count). The number of rotatable bonds is 6. The Balaban J connectivity index is 1.37. The van der Waals surface area contributed by atoms with E-state index in [-0.39, 0.29) is 5.91 Å². The minimum atomic E-state index is -0.165. The van der Waals surface area contributed by atoms with Crippen LogP contribution in [0.3, 0.4) is 0 Å². The monoisotopic (exact) mass is 356 g/mol. The van der Waals surface area contributed by atoms with Crippen LogP contribution >= 0.6 is 0 Å². The fraction of sp³-hybridized carbons (Fsp3) is 0.136. The first-order valence-corrected chi connectivity index (χ1v) is 8.97. The number of carbonyl (C=O) groups is 1. The van der Waals surface area contributed by atoms with Gasteiger partial charge in [0.1, 0.15) is 11.5 Å². The largest absolute Gasteiger partial charge is 0.350 e. The van der Waals surface area contributed by atoms with Crippen LogP contribution in [-0.4, -0.2) is 27.0 Å². The van der Waals surface area contributed by atoms with Crippen LogP contribution < -0.4 is 5.32 Å². The van der Waals surface area contributed by atoms with E-state index in [9.17, 15) is 4.79 Å². The zero-order valence-electron chi connectivity index (χ0n) is 14.9. The summed E-state index contributed by atoms with van der Waals surface area (Å²) in [6.07, 6.45) is 4.43. The van der Waals surface area contributed by atoms with Gasteiger partial charge in [0.15, 0.2) is 0 Å². The predicted octanol–water partition coefficient (Wildman–Crippen LogP) is 3.45. The van der Waals surface area contributed by atoms with Gasteiger partial charge in [0.2, 0.25) is 0 Å². The molecule has 0 aliphatic rings. The third kappa shape index (κ3) is 4.03. The van der Waals surface area contributed by atoms with Crippen LogP contribution in [0.1, 0.15) is 21.9 Å².